The Kier molecular flexibility index (Phi) is 6.15. The number of anilines is 1. The quantitative estimate of drug-likeness (QED) is 0.306. The van der Waals surface area contributed by atoms with Gasteiger partial charge >= 0.3 is 0 Å². The number of aliphatic hydroxyl groups excluding tert-OH is 1. The molecule has 1 amide bonds. The number of tetrazole rings is 1. The van der Waals surface area contributed by atoms with E-state index in [-0.39, 0.29) is 34.2 Å². The van der Waals surface area contributed by atoms with E-state index >= 15 is 0 Å². The van der Waals surface area contributed by atoms with Gasteiger partial charge < -0.3 is 10.4 Å². The lowest BCUT2D eigenvalue weighted by Crippen LogP contribution is -2.18. The van der Waals surface area contributed by atoms with E-state index in [1.807, 2.05) is 32.2 Å². The van der Waals surface area contributed by atoms with E-state index in [4.69, 9.17) is 11.6 Å². The number of benzene rings is 1. The molecule has 6 rings (SSSR count). The summed E-state index contributed by atoms with van der Waals surface area (Å²) in [7, 11) is 0. The largest absolute Gasteiger partial charge is 0.391 e. The van der Waals surface area contributed by atoms with Crippen molar-refractivity contribution >= 4 is 28.7 Å². The van der Waals surface area contributed by atoms with Crippen molar-refractivity contribution in [3.05, 3.63) is 65.0 Å². The number of fused-ring (bicyclic) bond motifs is 1. The van der Waals surface area contributed by atoms with Gasteiger partial charge in [-0.1, -0.05) is 11.6 Å². The van der Waals surface area contributed by atoms with Crippen LogP contribution in [0.25, 0.3) is 28.0 Å². The summed E-state index contributed by atoms with van der Waals surface area (Å²) >= 11 is 6.29. The molecule has 4 heterocycles. The smallest absolute Gasteiger partial charge is 0.259 e. The molecule has 0 bridgehead atoms. The Morgan fingerprint density at radius 2 is 2.00 bits per heavy atom. The molecule has 1 aliphatic carbocycles. The molecular formula is C26H25ClFN9O2. The zero-order valence-corrected chi connectivity index (χ0v) is 22.1. The number of aromatic nitrogens is 8. The number of carbonyl (C=O) groups excluding carboxylic acids is 1. The predicted molar refractivity (Wildman–Crippen MR) is 142 cm³/mol. The number of halogens is 2. The third-order valence-electron chi connectivity index (χ3n) is 6.96. The zero-order valence-electron chi connectivity index (χ0n) is 21.4. The molecule has 11 nitrogen and oxygen atoms in total. The van der Waals surface area contributed by atoms with Crippen LogP contribution in [0.5, 0.6) is 0 Å². The van der Waals surface area contributed by atoms with Crippen LogP contribution in [0.15, 0.2) is 42.9 Å². The van der Waals surface area contributed by atoms with Crippen LogP contribution >= 0.6 is 11.6 Å². The van der Waals surface area contributed by atoms with Crippen LogP contribution in [0, 0.1) is 12.7 Å². The minimum absolute atomic E-state index is 0.0339. The summed E-state index contributed by atoms with van der Waals surface area (Å²) in [6, 6.07) is 6.25. The van der Waals surface area contributed by atoms with Crippen molar-refractivity contribution in [2.24, 2.45) is 0 Å². The topological polar surface area (TPSA) is 128 Å². The Bertz CT molecular complexity index is 1720. The molecule has 0 radical (unpaired) electrons. The highest BCUT2D eigenvalue weighted by Crippen LogP contribution is 2.35. The molecule has 2 N–H and O–H groups in total. The van der Waals surface area contributed by atoms with E-state index < -0.39 is 17.8 Å². The van der Waals surface area contributed by atoms with Gasteiger partial charge in [-0.2, -0.15) is 15.0 Å². The first kappa shape index (κ1) is 25.1. The first-order valence-corrected chi connectivity index (χ1v) is 12.9. The molecule has 0 spiro atoms. The molecule has 0 saturated heterocycles. The molecule has 13 heteroatoms. The third-order valence-corrected chi connectivity index (χ3v) is 7.27. The number of hydrogen-bond acceptors (Lipinski definition) is 7. The molecule has 1 aliphatic rings. The van der Waals surface area contributed by atoms with Crippen molar-refractivity contribution in [2.75, 3.05) is 5.32 Å². The predicted octanol–water partition coefficient (Wildman–Crippen LogP) is 4.48. The number of hydrogen-bond donors (Lipinski definition) is 2. The summed E-state index contributed by atoms with van der Waals surface area (Å²) < 4.78 is 18.1. The standard InChI is InChI=1S/C26H25ClFN9O2/c1-13-20(12-36(32-13)14(2)15(3)38)16-6-7-35-24(8-16)19(11-29-35)26(39)30-23-9-18(22(28)10-21(23)27)25-31-34-37(33-25)17-4-5-17/h6-12,14-15,17,38H,4-5H2,1-3H3,(H,30,39)/t14-,15+/m0/s1. The first-order chi connectivity index (χ1) is 18.7. The Morgan fingerprint density at radius 1 is 1.21 bits per heavy atom. The lowest BCUT2D eigenvalue weighted by atomic mass is 10.1. The average molecular weight is 550 g/mol. The highest BCUT2D eigenvalue weighted by Gasteiger charge is 2.27. The van der Waals surface area contributed by atoms with Crippen LogP contribution in [0.3, 0.4) is 0 Å². The Labute approximate surface area is 227 Å². The summed E-state index contributed by atoms with van der Waals surface area (Å²) in [6.45, 7) is 5.50. The molecule has 200 valence electrons. The summed E-state index contributed by atoms with van der Waals surface area (Å²) in [5.41, 5.74) is 3.66. The van der Waals surface area contributed by atoms with Crippen molar-refractivity contribution in [1.29, 1.82) is 0 Å². The van der Waals surface area contributed by atoms with Crippen molar-refractivity contribution in [1.82, 2.24) is 39.6 Å². The van der Waals surface area contributed by atoms with Crippen molar-refractivity contribution < 1.29 is 14.3 Å². The van der Waals surface area contributed by atoms with Gasteiger partial charge in [0.05, 0.1) is 57.4 Å². The molecule has 1 fully saturated rings. The van der Waals surface area contributed by atoms with E-state index in [0.717, 1.165) is 35.7 Å². The minimum Gasteiger partial charge on any atom is -0.391 e. The molecule has 1 saturated carbocycles. The molecule has 39 heavy (non-hydrogen) atoms. The normalized spacial score (nSPS) is 15.0. The summed E-state index contributed by atoms with van der Waals surface area (Å²) in [5, 5.41) is 33.9. The van der Waals surface area contributed by atoms with E-state index in [1.54, 1.807) is 22.3 Å². The van der Waals surface area contributed by atoms with E-state index in [1.165, 1.54) is 17.1 Å². The first-order valence-electron chi connectivity index (χ1n) is 12.5. The van der Waals surface area contributed by atoms with Crippen molar-refractivity contribution in [3.63, 3.8) is 0 Å². The molecular weight excluding hydrogens is 525 g/mol. The van der Waals surface area contributed by atoms with Crippen LogP contribution in [0.2, 0.25) is 5.02 Å². The average Bonchev–Trinajstić information content (AvgIpc) is 3.30. The summed E-state index contributed by atoms with van der Waals surface area (Å²) in [4.78, 5) is 14.8. The number of amides is 1. The second-order valence-corrected chi connectivity index (χ2v) is 10.2. The van der Waals surface area contributed by atoms with Gasteiger partial charge in [0.25, 0.3) is 5.91 Å². The number of pyridine rings is 1. The van der Waals surface area contributed by atoms with E-state index in [2.05, 4.69) is 30.9 Å². The van der Waals surface area contributed by atoms with Crippen LogP contribution in [0.4, 0.5) is 10.1 Å². The van der Waals surface area contributed by atoms with Gasteiger partial charge in [0, 0.05) is 18.0 Å². The minimum atomic E-state index is -0.616. The zero-order chi connectivity index (χ0) is 27.4. The van der Waals surface area contributed by atoms with Gasteiger partial charge in [-0.15, -0.1) is 10.2 Å². The maximum atomic E-state index is 14.7. The van der Waals surface area contributed by atoms with E-state index in [0.29, 0.717) is 11.1 Å². The second-order valence-electron chi connectivity index (χ2n) is 9.82. The Hall–Kier alpha value is -4.16. The Balaban J connectivity index is 1.31. The maximum Gasteiger partial charge on any atom is 0.259 e. The van der Waals surface area contributed by atoms with Crippen LogP contribution in [0.1, 0.15) is 54.8 Å². The lowest BCUT2D eigenvalue weighted by molar-refractivity contribution is 0.102. The fourth-order valence-corrected chi connectivity index (χ4v) is 4.51. The number of nitrogens with zero attached hydrogens (tertiary/aromatic N) is 8. The summed E-state index contributed by atoms with van der Waals surface area (Å²) in [5.74, 6) is -0.964. The van der Waals surface area contributed by atoms with Crippen LogP contribution in [-0.2, 0) is 0 Å². The number of aryl methyl sites for hydroxylation is 1. The highest BCUT2D eigenvalue weighted by molar-refractivity contribution is 6.34. The van der Waals surface area contributed by atoms with Crippen molar-refractivity contribution in [2.45, 2.75) is 51.8 Å². The molecule has 0 unspecified atom stereocenters. The molecule has 5 aromatic rings. The third kappa shape index (κ3) is 4.66. The van der Waals surface area contributed by atoms with Crippen LogP contribution < -0.4 is 5.32 Å². The SMILES string of the molecule is Cc1nn([C@@H](C)[C@@H](C)O)cc1-c1ccn2ncc(C(=O)Nc3cc(-c4nnn(C5CC5)n4)c(F)cc3Cl)c2c1. The molecule has 2 atom stereocenters. The van der Waals surface area contributed by atoms with Gasteiger partial charge in [-0.3, -0.25) is 9.48 Å². The van der Waals surface area contributed by atoms with Gasteiger partial charge in [0.1, 0.15) is 5.82 Å². The number of nitrogens with one attached hydrogen (secondary N) is 1. The fraction of sp³-hybridized carbons (Fsp3) is 0.308. The Morgan fingerprint density at radius 3 is 2.74 bits per heavy atom. The highest BCUT2D eigenvalue weighted by atomic mass is 35.5. The molecule has 1 aromatic carbocycles. The van der Waals surface area contributed by atoms with Gasteiger partial charge in [-0.25, -0.2) is 8.91 Å². The summed E-state index contributed by atoms with van der Waals surface area (Å²) in [6.07, 6.45) is 6.45. The van der Waals surface area contributed by atoms with Crippen LogP contribution in [-0.4, -0.2) is 56.7 Å². The monoisotopic (exact) mass is 549 g/mol. The fourth-order valence-electron chi connectivity index (χ4n) is 4.32. The van der Waals surface area contributed by atoms with Gasteiger partial charge in [-0.05, 0) is 68.7 Å². The van der Waals surface area contributed by atoms with Gasteiger partial charge in [0.15, 0.2) is 0 Å². The number of aliphatic hydroxyl groups is 1. The number of carbonyl (C=O) groups is 1. The molecule has 4 aromatic heterocycles. The molecule has 0 aliphatic heterocycles. The van der Waals surface area contributed by atoms with E-state index in [9.17, 15) is 14.3 Å². The maximum absolute atomic E-state index is 14.7. The number of rotatable bonds is 7. The van der Waals surface area contributed by atoms with Gasteiger partial charge in [0.2, 0.25) is 5.82 Å². The lowest BCUT2D eigenvalue weighted by Gasteiger charge is -2.14. The second kappa shape index (κ2) is 9.54. The van der Waals surface area contributed by atoms with Crippen molar-refractivity contribution in [3.8, 4) is 22.5 Å².